The summed E-state index contributed by atoms with van der Waals surface area (Å²) in [4.78, 5) is 6.87. The summed E-state index contributed by atoms with van der Waals surface area (Å²) in [5, 5.41) is 3.30. The number of halogens is 1. The van der Waals surface area contributed by atoms with Crippen LogP contribution in [0.2, 0.25) is 0 Å². The molecule has 0 aliphatic carbocycles. The first-order valence-corrected chi connectivity index (χ1v) is 4.28. The van der Waals surface area contributed by atoms with Crippen molar-refractivity contribution in [1.82, 2.24) is 4.98 Å². The molecule has 68 valence electrons. The lowest BCUT2D eigenvalue weighted by molar-refractivity contribution is 0.911. The summed E-state index contributed by atoms with van der Waals surface area (Å²) < 4.78 is 0. The second-order valence-corrected chi connectivity index (χ2v) is 3.21. The minimum atomic E-state index is -0.119. The summed E-state index contributed by atoms with van der Waals surface area (Å²) >= 11 is 5.84. The Labute approximate surface area is 81.2 Å². The second-order valence-electron chi connectivity index (χ2n) is 2.56. The summed E-state index contributed by atoms with van der Waals surface area (Å²) in [5.41, 5.74) is 9.65. The highest BCUT2D eigenvalue weighted by Gasteiger charge is 2.02. The van der Waals surface area contributed by atoms with E-state index < -0.39 is 0 Å². The molecule has 5 heteroatoms. The van der Waals surface area contributed by atoms with E-state index in [2.05, 4.69) is 15.0 Å². The van der Waals surface area contributed by atoms with Crippen LogP contribution in [0.4, 0.5) is 0 Å². The van der Waals surface area contributed by atoms with E-state index >= 15 is 0 Å². The third-order valence-electron chi connectivity index (χ3n) is 1.53. The predicted octanol–water partition coefficient (Wildman–Crippen LogP) is 3.19. The molecule has 0 saturated heterocycles. The van der Waals surface area contributed by atoms with Crippen LogP contribution in [0, 0.1) is 0 Å². The van der Waals surface area contributed by atoms with Crippen molar-refractivity contribution in [2.45, 2.75) is 18.8 Å². The number of azide groups is 1. The van der Waals surface area contributed by atoms with Gasteiger partial charge in [-0.15, -0.1) is 11.6 Å². The Morgan fingerprint density at radius 2 is 2.46 bits per heavy atom. The van der Waals surface area contributed by atoms with Gasteiger partial charge in [0.05, 0.1) is 17.6 Å². The summed E-state index contributed by atoms with van der Waals surface area (Å²) in [6.45, 7) is 2.12. The maximum absolute atomic E-state index is 8.11. The molecule has 1 heterocycles. The Morgan fingerprint density at radius 3 is 3.08 bits per heavy atom. The van der Waals surface area contributed by atoms with Gasteiger partial charge in [-0.1, -0.05) is 11.2 Å². The van der Waals surface area contributed by atoms with Crippen molar-refractivity contribution in [2.24, 2.45) is 5.11 Å². The largest absolute Gasteiger partial charge is 0.256 e. The maximum Gasteiger partial charge on any atom is 0.0729 e. The zero-order valence-electron chi connectivity index (χ0n) is 7.18. The second kappa shape index (κ2) is 4.70. The number of nitrogens with zero attached hydrogens (tertiary/aromatic N) is 4. The van der Waals surface area contributed by atoms with Crippen molar-refractivity contribution in [1.29, 1.82) is 0 Å². The zero-order valence-corrected chi connectivity index (χ0v) is 7.94. The molecule has 1 rings (SSSR count). The zero-order chi connectivity index (χ0) is 9.68. The molecule has 0 amide bonds. The van der Waals surface area contributed by atoms with Gasteiger partial charge in [0.2, 0.25) is 0 Å². The molecule has 1 aromatic rings. The molecule has 0 spiro atoms. The summed E-state index contributed by atoms with van der Waals surface area (Å²) in [5.74, 6) is 0. The lowest BCUT2D eigenvalue weighted by atomic mass is 10.2. The van der Waals surface area contributed by atoms with E-state index in [-0.39, 0.29) is 11.9 Å². The van der Waals surface area contributed by atoms with Crippen molar-refractivity contribution < 1.29 is 0 Å². The Balaban J connectivity index is 2.85. The SMILES string of the molecule is C[C@H](Cl)c1cccc(CN=[N+]=[N-])n1. The average Bonchev–Trinajstić information content (AvgIpc) is 2.15. The van der Waals surface area contributed by atoms with Crippen LogP contribution >= 0.6 is 11.6 Å². The van der Waals surface area contributed by atoms with Crippen molar-refractivity contribution in [3.05, 3.63) is 40.0 Å². The molecule has 1 atom stereocenters. The van der Waals surface area contributed by atoms with E-state index in [0.29, 0.717) is 0 Å². The van der Waals surface area contributed by atoms with Crippen molar-refractivity contribution in [3.8, 4) is 0 Å². The van der Waals surface area contributed by atoms with Gasteiger partial charge in [0.15, 0.2) is 0 Å². The van der Waals surface area contributed by atoms with Crippen LogP contribution in [-0.4, -0.2) is 4.98 Å². The molecule has 0 fully saturated rings. The van der Waals surface area contributed by atoms with Gasteiger partial charge in [0.1, 0.15) is 0 Å². The van der Waals surface area contributed by atoms with Crippen LogP contribution < -0.4 is 0 Å². The third-order valence-corrected chi connectivity index (χ3v) is 1.76. The molecule has 1 aromatic heterocycles. The van der Waals surface area contributed by atoms with Crippen LogP contribution in [-0.2, 0) is 6.54 Å². The smallest absolute Gasteiger partial charge is 0.0729 e. The van der Waals surface area contributed by atoms with E-state index in [1.807, 2.05) is 19.1 Å². The van der Waals surface area contributed by atoms with Gasteiger partial charge in [0.25, 0.3) is 0 Å². The average molecular weight is 197 g/mol. The number of aromatic nitrogens is 1. The summed E-state index contributed by atoms with van der Waals surface area (Å²) in [6, 6.07) is 5.50. The Morgan fingerprint density at radius 1 is 1.69 bits per heavy atom. The first-order chi connectivity index (χ1) is 6.24. The molecular formula is C8H9ClN4. The molecule has 0 N–H and O–H groups in total. The van der Waals surface area contributed by atoms with Crippen LogP contribution in [0.1, 0.15) is 23.7 Å². The highest BCUT2D eigenvalue weighted by Crippen LogP contribution is 2.16. The minimum absolute atomic E-state index is 0.119. The highest BCUT2D eigenvalue weighted by molar-refractivity contribution is 6.20. The van der Waals surface area contributed by atoms with Gasteiger partial charge in [-0.05, 0) is 24.6 Å². The fourth-order valence-electron chi connectivity index (χ4n) is 0.912. The van der Waals surface area contributed by atoms with Gasteiger partial charge in [-0.25, -0.2) is 0 Å². The van der Waals surface area contributed by atoms with Crippen LogP contribution in [0.25, 0.3) is 10.4 Å². The quantitative estimate of drug-likeness (QED) is 0.317. The van der Waals surface area contributed by atoms with E-state index in [9.17, 15) is 0 Å². The third kappa shape index (κ3) is 2.93. The Hall–Kier alpha value is -1.25. The number of pyridine rings is 1. The Bertz CT molecular complexity index is 331. The molecule has 0 aromatic carbocycles. The van der Waals surface area contributed by atoms with Gasteiger partial charge in [-0.3, -0.25) is 4.98 Å². The predicted molar refractivity (Wildman–Crippen MR) is 51.4 cm³/mol. The van der Waals surface area contributed by atoms with Gasteiger partial charge in [0, 0.05) is 10.6 Å². The standard InChI is InChI=1S/C8H9ClN4/c1-6(9)8-4-2-3-7(12-8)5-11-13-10/h2-4,6H,5H2,1H3/t6-/m0/s1. The van der Waals surface area contributed by atoms with Crippen LogP contribution in [0.3, 0.4) is 0 Å². The van der Waals surface area contributed by atoms with Crippen molar-refractivity contribution in [2.75, 3.05) is 0 Å². The van der Waals surface area contributed by atoms with Gasteiger partial charge < -0.3 is 0 Å². The molecular weight excluding hydrogens is 188 g/mol. The maximum atomic E-state index is 8.11. The number of alkyl halides is 1. The van der Waals surface area contributed by atoms with Gasteiger partial charge >= 0.3 is 0 Å². The molecule has 0 unspecified atom stereocenters. The molecule has 0 aliphatic rings. The van der Waals surface area contributed by atoms with E-state index in [4.69, 9.17) is 17.1 Å². The summed E-state index contributed by atoms with van der Waals surface area (Å²) in [7, 11) is 0. The molecule has 0 saturated carbocycles. The fraction of sp³-hybridized carbons (Fsp3) is 0.375. The lowest BCUT2D eigenvalue weighted by Gasteiger charge is -2.03. The molecule has 0 aliphatic heterocycles. The van der Waals surface area contributed by atoms with E-state index in [1.54, 1.807) is 6.07 Å². The van der Waals surface area contributed by atoms with Crippen molar-refractivity contribution in [3.63, 3.8) is 0 Å². The number of hydrogen-bond acceptors (Lipinski definition) is 2. The fourth-order valence-corrected chi connectivity index (χ4v) is 1.03. The van der Waals surface area contributed by atoms with Crippen LogP contribution in [0.15, 0.2) is 23.3 Å². The van der Waals surface area contributed by atoms with Crippen LogP contribution in [0.5, 0.6) is 0 Å². The Kier molecular flexibility index (Phi) is 3.55. The first-order valence-electron chi connectivity index (χ1n) is 3.85. The lowest BCUT2D eigenvalue weighted by Crippen LogP contribution is -1.94. The molecule has 13 heavy (non-hydrogen) atoms. The van der Waals surface area contributed by atoms with E-state index in [1.165, 1.54) is 0 Å². The normalized spacial score (nSPS) is 11.8. The topological polar surface area (TPSA) is 61.7 Å². The van der Waals surface area contributed by atoms with E-state index in [0.717, 1.165) is 11.4 Å². The first kappa shape index (κ1) is 9.84. The van der Waals surface area contributed by atoms with Crippen molar-refractivity contribution >= 4 is 11.6 Å². The monoisotopic (exact) mass is 196 g/mol. The number of hydrogen-bond donors (Lipinski definition) is 0. The summed E-state index contributed by atoms with van der Waals surface area (Å²) in [6.07, 6.45) is 0. The van der Waals surface area contributed by atoms with Gasteiger partial charge in [-0.2, -0.15) is 0 Å². The molecule has 0 bridgehead atoms. The highest BCUT2D eigenvalue weighted by atomic mass is 35.5. The number of rotatable bonds is 3. The molecule has 0 radical (unpaired) electrons. The minimum Gasteiger partial charge on any atom is -0.256 e. The molecule has 4 nitrogen and oxygen atoms in total.